The zero-order valence-electron chi connectivity index (χ0n) is 14.3. The summed E-state index contributed by atoms with van der Waals surface area (Å²) in [6, 6.07) is 0. The van der Waals surface area contributed by atoms with Gasteiger partial charge >= 0.3 is 0 Å². The SMILES string of the molecule is CC(C)OC1(OC(C)C)C(=O)CC2CCCC21OC(C)C. The van der Waals surface area contributed by atoms with E-state index in [1.54, 1.807) is 0 Å². The highest BCUT2D eigenvalue weighted by Crippen LogP contribution is 2.56. The second-order valence-corrected chi connectivity index (χ2v) is 7.22. The number of hydrogen-bond donors (Lipinski definition) is 0. The van der Waals surface area contributed by atoms with E-state index in [1.165, 1.54) is 0 Å². The standard InChI is InChI=1S/C17H30O4/c1-11(2)19-16-9-7-8-14(16)10-15(18)17(16,20-12(3)4)21-13(5)6/h11-14H,7-10H2,1-6H3. The quantitative estimate of drug-likeness (QED) is 0.704. The smallest absolute Gasteiger partial charge is 0.259 e. The first-order valence-corrected chi connectivity index (χ1v) is 8.30. The maximum Gasteiger partial charge on any atom is 0.259 e. The molecule has 0 aromatic heterocycles. The van der Waals surface area contributed by atoms with Crippen molar-refractivity contribution in [2.45, 2.75) is 96.9 Å². The van der Waals surface area contributed by atoms with Gasteiger partial charge in [0.2, 0.25) is 0 Å². The van der Waals surface area contributed by atoms with E-state index in [0.29, 0.717) is 6.42 Å². The highest BCUT2D eigenvalue weighted by Gasteiger charge is 2.71. The minimum Gasteiger partial charge on any atom is -0.366 e. The second kappa shape index (κ2) is 5.98. The number of carbonyl (C=O) groups is 1. The van der Waals surface area contributed by atoms with Crippen molar-refractivity contribution in [3.8, 4) is 0 Å². The fourth-order valence-electron chi connectivity index (χ4n) is 4.02. The van der Waals surface area contributed by atoms with Crippen LogP contribution in [0.3, 0.4) is 0 Å². The second-order valence-electron chi connectivity index (χ2n) is 7.22. The van der Waals surface area contributed by atoms with Crippen LogP contribution < -0.4 is 0 Å². The Kier molecular flexibility index (Phi) is 4.81. The van der Waals surface area contributed by atoms with Crippen LogP contribution in [0.5, 0.6) is 0 Å². The van der Waals surface area contributed by atoms with Crippen LogP contribution in [0.2, 0.25) is 0 Å². The lowest BCUT2D eigenvalue weighted by Gasteiger charge is -2.46. The molecule has 0 amide bonds. The lowest BCUT2D eigenvalue weighted by molar-refractivity contribution is -0.331. The zero-order valence-corrected chi connectivity index (χ0v) is 14.3. The van der Waals surface area contributed by atoms with Gasteiger partial charge < -0.3 is 14.2 Å². The normalized spacial score (nSPS) is 31.7. The molecule has 0 heterocycles. The van der Waals surface area contributed by atoms with Gasteiger partial charge in [-0.3, -0.25) is 4.79 Å². The first-order chi connectivity index (χ1) is 9.73. The van der Waals surface area contributed by atoms with Crippen molar-refractivity contribution >= 4 is 5.78 Å². The van der Waals surface area contributed by atoms with E-state index in [2.05, 4.69) is 0 Å². The Morgan fingerprint density at radius 1 is 0.952 bits per heavy atom. The van der Waals surface area contributed by atoms with Gasteiger partial charge in [0.25, 0.3) is 5.79 Å². The van der Waals surface area contributed by atoms with Crippen LogP contribution in [0.25, 0.3) is 0 Å². The Balaban J connectivity index is 2.47. The summed E-state index contributed by atoms with van der Waals surface area (Å²) in [4.78, 5) is 12.8. The van der Waals surface area contributed by atoms with E-state index in [4.69, 9.17) is 14.2 Å². The molecule has 2 unspecified atom stereocenters. The van der Waals surface area contributed by atoms with Gasteiger partial charge in [-0.05, 0) is 60.8 Å². The van der Waals surface area contributed by atoms with Crippen molar-refractivity contribution in [1.82, 2.24) is 0 Å². The van der Waals surface area contributed by atoms with E-state index in [0.717, 1.165) is 19.3 Å². The molecule has 4 nitrogen and oxygen atoms in total. The van der Waals surface area contributed by atoms with Gasteiger partial charge in [0.05, 0.1) is 18.3 Å². The van der Waals surface area contributed by atoms with Crippen LogP contribution in [0.15, 0.2) is 0 Å². The number of Topliss-reactive ketones (excluding diaryl/α,β-unsaturated/α-hetero) is 1. The third-order valence-electron chi connectivity index (χ3n) is 4.37. The highest BCUT2D eigenvalue weighted by molar-refractivity contribution is 5.91. The van der Waals surface area contributed by atoms with E-state index < -0.39 is 11.4 Å². The Morgan fingerprint density at radius 2 is 1.48 bits per heavy atom. The van der Waals surface area contributed by atoms with Crippen LogP contribution in [0, 0.1) is 5.92 Å². The molecule has 2 rings (SSSR count). The third-order valence-corrected chi connectivity index (χ3v) is 4.37. The topological polar surface area (TPSA) is 44.8 Å². The Labute approximate surface area is 128 Å². The van der Waals surface area contributed by atoms with E-state index in [1.807, 2.05) is 41.5 Å². The van der Waals surface area contributed by atoms with Crippen molar-refractivity contribution in [3.05, 3.63) is 0 Å². The minimum absolute atomic E-state index is 0.0439. The maximum atomic E-state index is 12.8. The fourth-order valence-corrected chi connectivity index (χ4v) is 4.02. The van der Waals surface area contributed by atoms with Gasteiger partial charge in [0.1, 0.15) is 5.60 Å². The predicted octanol–water partition coefficient (Wildman–Crippen LogP) is 3.47. The molecule has 0 aromatic rings. The summed E-state index contributed by atoms with van der Waals surface area (Å²) < 4.78 is 18.6. The van der Waals surface area contributed by atoms with Crippen LogP contribution >= 0.6 is 0 Å². The molecule has 21 heavy (non-hydrogen) atoms. The lowest BCUT2D eigenvalue weighted by Crippen LogP contribution is -2.62. The summed E-state index contributed by atoms with van der Waals surface area (Å²) in [5.74, 6) is -0.971. The van der Waals surface area contributed by atoms with Crippen LogP contribution in [0.1, 0.15) is 67.2 Å². The molecule has 0 bridgehead atoms. The first kappa shape index (κ1) is 16.9. The van der Waals surface area contributed by atoms with Crippen molar-refractivity contribution in [2.75, 3.05) is 0 Å². The van der Waals surface area contributed by atoms with Crippen LogP contribution in [-0.2, 0) is 19.0 Å². The number of hydrogen-bond acceptors (Lipinski definition) is 4. The number of ketones is 1. The largest absolute Gasteiger partial charge is 0.366 e. The Morgan fingerprint density at radius 3 is 1.95 bits per heavy atom. The summed E-state index contributed by atoms with van der Waals surface area (Å²) >= 11 is 0. The summed E-state index contributed by atoms with van der Waals surface area (Å²) in [7, 11) is 0. The minimum atomic E-state index is -1.24. The molecule has 122 valence electrons. The molecule has 0 saturated heterocycles. The summed E-state index contributed by atoms with van der Waals surface area (Å²) in [6.45, 7) is 11.8. The average molecular weight is 298 g/mol. The van der Waals surface area contributed by atoms with Gasteiger partial charge in [-0.15, -0.1) is 0 Å². The molecule has 2 aliphatic rings. The molecular formula is C17H30O4. The van der Waals surface area contributed by atoms with Crippen LogP contribution in [0.4, 0.5) is 0 Å². The number of rotatable bonds is 6. The predicted molar refractivity (Wildman–Crippen MR) is 81.1 cm³/mol. The number of fused-ring (bicyclic) bond motifs is 1. The molecular weight excluding hydrogens is 268 g/mol. The summed E-state index contributed by atoms with van der Waals surface area (Å²) in [6.07, 6.45) is 3.30. The van der Waals surface area contributed by atoms with Gasteiger partial charge in [-0.2, -0.15) is 0 Å². The van der Waals surface area contributed by atoms with Crippen molar-refractivity contribution in [3.63, 3.8) is 0 Å². The van der Waals surface area contributed by atoms with E-state index >= 15 is 0 Å². The molecule has 4 heteroatoms. The summed E-state index contributed by atoms with van der Waals surface area (Å²) in [5, 5.41) is 0. The molecule has 0 spiro atoms. The molecule has 0 aromatic carbocycles. The average Bonchev–Trinajstić information content (AvgIpc) is 2.77. The van der Waals surface area contributed by atoms with Crippen molar-refractivity contribution < 1.29 is 19.0 Å². The zero-order chi connectivity index (χ0) is 15.8. The molecule has 2 saturated carbocycles. The monoisotopic (exact) mass is 298 g/mol. The van der Waals surface area contributed by atoms with E-state index in [9.17, 15) is 4.79 Å². The Bertz CT molecular complexity index is 378. The molecule has 0 radical (unpaired) electrons. The Hall–Kier alpha value is -0.450. The van der Waals surface area contributed by atoms with Crippen molar-refractivity contribution in [2.24, 2.45) is 5.92 Å². The van der Waals surface area contributed by atoms with Crippen molar-refractivity contribution in [1.29, 1.82) is 0 Å². The maximum absolute atomic E-state index is 12.8. The number of ether oxygens (including phenoxy) is 3. The third kappa shape index (κ3) is 2.78. The van der Waals surface area contributed by atoms with Gasteiger partial charge in [-0.25, -0.2) is 0 Å². The molecule has 2 aliphatic carbocycles. The fraction of sp³-hybridized carbons (Fsp3) is 0.941. The first-order valence-electron chi connectivity index (χ1n) is 8.30. The summed E-state index contributed by atoms with van der Waals surface area (Å²) in [5.41, 5.74) is -0.618. The van der Waals surface area contributed by atoms with Crippen LogP contribution in [-0.4, -0.2) is 35.5 Å². The van der Waals surface area contributed by atoms with Gasteiger partial charge in [0, 0.05) is 12.3 Å². The van der Waals surface area contributed by atoms with E-state index in [-0.39, 0.29) is 30.0 Å². The highest BCUT2D eigenvalue weighted by atomic mass is 16.7. The molecule has 2 atom stereocenters. The lowest BCUT2D eigenvalue weighted by atomic mass is 9.89. The molecule has 0 N–H and O–H groups in total. The molecule has 2 fully saturated rings. The van der Waals surface area contributed by atoms with Gasteiger partial charge in [-0.1, -0.05) is 0 Å². The van der Waals surface area contributed by atoms with Gasteiger partial charge in [0.15, 0.2) is 5.78 Å². The molecule has 0 aliphatic heterocycles. The number of carbonyl (C=O) groups excluding carboxylic acids is 1.